The molecule has 1 fully saturated rings. The van der Waals surface area contributed by atoms with E-state index in [2.05, 4.69) is 46.9 Å². The molecule has 1 saturated carbocycles. The first-order valence-electron chi connectivity index (χ1n) is 8.64. The molecule has 3 unspecified atom stereocenters. The molecule has 0 bridgehead atoms. The molecule has 0 aliphatic heterocycles. The molecule has 19 heavy (non-hydrogen) atoms. The van der Waals surface area contributed by atoms with E-state index in [4.69, 9.17) is 0 Å². The molecule has 1 N–H and O–H groups in total. The van der Waals surface area contributed by atoms with E-state index in [-0.39, 0.29) is 0 Å². The van der Waals surface area contributed by atoms with Crippen molar-refractivity contribution >= 4 is 0 Å². The maximum atomic E-state index is 3.60. The maximum absolute atomic E-state index is 3.60. The molecule has 0 amide bonds. The lowest BCUT2D eigenvalue weighted by atomic mass is 9.61. The molecule has 0 aromatic carbocycles. The van der Waals surface area contributed by atoms with Gasteiger partial charge in [-0.15, -0.1) is 0 Å². The van der Waals surface area contributed by atoms with Crippen LogP contribution < -0.4 is 5.32 Å². The van der Waals surface area contributed by atoms with Gasteiger partial charge in [-0.1, -0.05) is 54.4 Å². The molecule has 1 aliphatic carbocycles. The van der Waals surface area contributed by atoms with Crippen LogP contribution in [0.1, 0.15) is 73.6 Å². The highest BCUT2D eigenvalue weighted by Gasteiger charge is 2.37. The van der Waals surface area contributed by atoms with E-state index in [1.807, 2.05) is 0 Å². The van der Waals surface area contributed by atoms with Gasteiger partial charge in [-0.2, -0.15) is 0 Å². The minimum absolute atomic E-state index is 0.493. The molecule has 0 heterocycles. The van der Waals surface area contributed by atoms with Crippen LogP contribution in [-0.4, -0.2) is 13.1 Å². The average Bonchev–Trinajstić information content (AvgIpc) is 2.37. The quantitative estimate of drug-likeness (QED) is 0.705. The van der Waals surface area contributed by atoms with E-state index in [1.54, 1.807) is 0 Å². The Balaban J connectivity index is 2.73. The first kappa shape index (κ1) is 17.0. The van der Waals surface area contributed by atoms with Crippen LogP contribution in [0.4, 0.5) is 0 Å². The zero-order valence-electron chi connectivity index (χ0n) is 14.3. The van der Waals surface area contributed by atoms with Gasteiger partial charge in [0.2, 0.25) is 0 Å². The predicted molar refractivity (Wildman–Crippen MR) is 86.4 cm³/mol. The molecule has 114 valence electrons. The fraction of sp³-hybridized carbons (Fsp3) is 1.00. The van der Waals surface area contributed by atoms with Gasteiger partial charge >= 0.3 is 0 Å². The Kier molecular flexibility index (Phi) is 6.86. The van der Waals surface area contributed by atoms with Gasteiger partial charge in [-0.05, 0) is 61.4 Å². The smallest absolute Gasteiger partial charge is 0.00179 e. The first-order valence-corrected chi connectivity index (χ1v) is 8.64. The van der Waals surface area contributed by atoms with E-state index >= 15 is 0 Å². The third-order valence-corrected chi connectivity index (χ3v) is 5.58. The van der Waals surface area contributed by atoms with Crippen molar-refractivity contribution in [1.82, 2.24) is 5.32 Å². The second kappa shape index (κ2) is 7.67. The van der Waals surface area contributed by atoms with Crippen LogP contribution in [0, 0.1) is 29.1 Å². The fourth-order valence-corrected chi connectivity index (χ4v) is 4.11. The van der Waals surface area contributed by atoms with Crippen LogP contribution in [0.15, 0.2) is 0 Å². The Morgan fingerprint density at radius 3 is 2.16 bits per heavy atom. The van der Waals surface area contributed by atoms with Crippen molar-refractivity contribution in [3.05, 3.63) is 0 Å². The molecule has 0 aromatic rings. The predicted octanol–water partition coefficient (Wildman–Crippen LogP) is 5.11. The lowest BCUT2D eigenvalue weighted by molar-refractivity contribution is 0.0607. The van der Waals surface area contributed by atoms with Gasteiger partial charge in [0.05, 0.1) is 0 Å². The van der Waals surface area contributed by atoms with Gasteiger partial charge in [-0.3, -0.25) is 0 Å². The molecule has 3 atom stereocenters. The third-order valence-electron chi connectivity index (χ3n) is 5.58. The van der Waals surface area contributed by atoms with Crippen LogP contribution in [-0.2, 0) is 0 Å². The summed E-state index contributed by atoms with van der Waals surface area (Å²) in [4.78, 5) is 0. The highest BCUT2D eigenvalue weighted by Crippen LogP contribution is 2.46. The van der Waals surface area contributed by atoms with Gasteiger partial charge < -0.3 is 5.32 Å². The SMILES string of the molecule is CCNCC1CCC(C(C)(C)C)CC1C(CC)CC. The van der Waals surface area contributed by atoms with Crippen molar-refractivity contribution < 1.29 is 0 Å². The molecule has 0 spiro atoms. The summed E-state index contributed by atoms with van der Waals surface area (Å²) in [5, 5.41) is 3.60. The molecule has 0 aromatic heterocycles. The van der Waals surface area contributed by atoms with Gasteiger partial charge in [0, 0.05) is 0 Å². The van der Waals surface area contributed by atoms with E-state index in [9.17, 15) is 0 Å². The number of hydrogen-bond donors (Lipinski definition) is 1. The van der Waals surface area contributed by atoms with Crippen molar-refractivity contribution in [2.45, 2.75) is 73.6 Å². The fourth-order valence-electron chi connectivity index (χ4n) is 4.11. The van der Waals surface area contributed by atoms with Crippen molar-refractivity contribution in [2.75, 3.05) is 13.1 Å². The number of rotatable bonds is 6. The summed E-state index contributed by atoms with van der Waals surface area (Å²) in [6, 6.07) is 0. The van der Waals surface area contributed by atoms with Crippen molar-refractivity contribution in [3.8, 4) is 0 Å². The monoisotopic (exact) mass is 267 g/mol. The van der Waals surface area contributed by atoms with Crippen LogP contribution in [0.2, 0.25) is 0 Å². The van der Waals surface area contributed by atoms with Crippen molar-refractivity contribution in [2.24, 2.45) is 29.1 Å². The number of hydrogen-bond acceptors (Lipinski definition) is 1. The molecular weight excluding hydrogens is 230 g/mol. The molecular formula is C18H37N. The average molecular weight is 268 g/mol. The Morgan fingerprint density at radius 2 is 1.68 bits per heavy atom. The van der Waals surface area contributed by atoms with Gasteiger partial charge in [0.1, 0.15) is 0 Å². The van der Waals surface area contributed by atoms with Gasteiger partial charge in [0.25, 0.3) is 0 Å². The lowest BCUT2D eigenvalue weighted by Crippen LogP contribution is -2.39. The molecule has 0 radical (unpaired) electrons. The van der Waals surface area contributed by atoms with Crippen LogP contribution in [0.25, 0.3) is 0 Å². The molecule has 1 nitrogen and oxygen atoms in total. The number of nitrogens with one attached hydrogen (secondary N) is 1. The zero-order valence-corrected chi connectivity index (χ0v) is 14.3. The maximum Gasteiger partial charge on any atom is -0.00179 e. The Hall–Kier alpha value is -0.0400. The second-order valence-corrected chi connectivity index (χ2v) is 7.68. The van der Waals surface area contributed by atoms with Gasteiger partial charge in [0.15, 0.2) is 0 Å². The largest absolute Gasteiger partial charge is 0.317 e. The first-order chi connectivity index (χ1) is 8.93. The minimum atomic E-state index is 0.493. The van der Waals surface area contributed by atoms with Crippen molar-refractivity contribution in [3.63, 3.8) is 0 Å². The molecule has 1 rings (SSSR count). The lowest BCUT2D eigenvalue weighted by Gasteiger charge is -2.45. The highest BCUT2D eigenvalue weighted by molar-refractivity contribution is 4.88. The van der Waals surface area contributed by atoms with E-state index < -0.39 is 0 Å². The summed E-state index contributed by atoms with van der Waals surface area (Å²) in [7, 11) is 0. The van der Waals surface area contributed by atoms with Crippen molar-refractivity contribution in [1.29, 1.82) is 0 Å². The topological polar surface area (TPSA) is 12.0 Å². The second-order valence-electron chi connectivity index (χ2n) is 7.68. The molecule has 0 saturated heterocycles. The minimum Gasteiger partial charge on any atom is -0.317 e. The summed E-state index contributed by atoms with van der Waals surface area (Å²) in [5.74, 6) is 3.74. The molecule has 1 heteroatoms. The normalized spacial score (nSPS) is 28.9. The van der Waals surface area contributed by atoms with Crippen LogP contribution >= 0.6 is 0 Å². The summed E-state index contributed by atoms with van der Waals surface area (Å²) < 4.78 is 0. The summed E-state index contributed by atoms with van der Waals surface area (Å²) >= 11 is 0. The summed E-state index contributed by atoms with van der Waals surface area (Å²) in [6.45, 7) is 16.7. The Labute approximate surface area is 121 Å². The van der Waals surface area contributed by atoms with Crippen LogP contribution in [0.5, 0.6) is 0 Å². The molecule has 1 aliphatic rings. The van der Waals surface area contributed by atoms with E-state index in [0.29, 0.717) is 5.41 Å². The Morgan fingerprint density at radius 1 is 1.05 bits per heavy atom. The standard InChI is InChI=1S/C18H37N/c1-7-14(8-2)17-12-16(18(4,5)6)11-10-15(17)13-19-9-3/h14-17,19H,7-13H2,1-6H3. The third kappa shape index (κ3) is 4.77. The Bertz CT molecular complexity index is 237. The van der Waals surface area contributed by atoms with Gasteiger partial charge in [-0.25, -0.2) is 0 Å². The summed E-state index contributed by atoms with van der Waals surface area (Å²) in [6.07, 6.45) is 7.07. The highest BCUT2D eigenvalue weighted by atomic mass is 14.8. The van der Waals surface area contributed by atoms with E-state index in [0.717, 1.165) is 30.2 Å². The summed E-state index contributed by atoms with van der Waals surface area (Å²) in [5.41, 5.74) is 0.493. The van der Waals surface area contributed by atoms with E-state index in [1.165, 1.54) is 38.6 Å². The zero-order chi connectivity index (χ0) is 14.5. The van der Waals surface area contributed by atoms with Crippen LogP contribution in [0.3, 0.4) is 0 Å².